The average molecular weight is 261 g/mol. The molecule has 3 aliphatic rings. The summed E-state index contributed by atoms with van der Waals surface area (Å²) in [4.78, 5) is 13.2. The number of hydrogen-bond acceptors (Lipinski definition) is 4. The molecule has 0 saturated carbocycles. The van der Waals surface area contributed by atoms with Gasteiger partial charge in [0.1, 0.15) is 5.69 Å². The molecule has 102 valence electrons. The van der Waals surface area contributed by atoms with Crippen LogP contribution in [0.1, 0.15) is 18.4 Å². The van der Waals surface area contributed by atoms with E-state index >= 15 is 0 Å². The highest BCUT2D eigenvalue weighted by Gasteiger charge is 2.34. The molecule has 0 aromatic heterocycles. The van der Waals surface area contributed by atoms with Crippen molar-refractivity contribution < 1.29 is 4.92 Å². The molecule has 1 atom stereocenters. The van der Waals surface area contributed by atoms with Crippen LogP contribution in [0.4, 0.5) is 11.4 Å². The molecule has 1 N–H and O–H groups in total. The van der Waals surface area contributed by atoms with Crippen molar-refractivity contribution in [3.8, 4) is 0 Å². The van der Waals surface area contributed by atoms with Gasteiger partial charge in [-0.1, -0.05) is 6.07 Å². The zero-order valence-electron chi connectivity index (χ0n) is 11.1. The summed E-state index contributed by atoms with van der Waals surface area (Å²) in [5.41, 5.74) is 1.90. The van der Waals surface area contributed by atoms with E-state index in [1.54, 1.807) is 12.1 Å². The van der Waals surface area contributed by atoms with Crippen LogP contribution in [0.3, 0.4) is 0 Å². The fourth-order valence-electron chi connectivity index (χ4n) is 3.25. The lowest BCUT2D eigenvalue weighted by molar-refractivity contribution is -0.384. The van der Waals surface area contributed by atoms with Crippen molar-refractivity contribution in [3.63, 3.8) is 0 Å². The number of rotatable bonds is 3. The van der Waals surface area contributed by atoms with Crippen LogP contribution in [-0.2, 0) is 0 Å². The van der Waals surface area contributed by atoms with Crippen LogP contribution in [0.2, 0.25) is 0 Å². The smallest absolute Gasteiger partial charge is 0.292 e. The summed E-state index contributed by atoms with van der Waals surface area (Å²) in [5, 5.41) is 14.5. The Balaban J connectivity index is 1.83. The van der Waals surface area contributed by atoms with Gasteiger partial charge in [0.2, 0.25) is 0 Å². The van der Waals surface area contributed by atoms with Crippen molar-refractivity contribution in [1.82, 2.24) is 4.90 Å². The Morgan fingerprint density at radius 2 is 2.11 bits per heavy atom. The lowest BCUT2D eigenvalue weighted by Gasteiger charge is -2.45. The third-order valence-corrected chi connectivity index (χ3v) is 4.35. The molecule has 2 bridgehead atoms. The Bertz CT molecular complexity index is 495. The fraction of sp³-hybridized carbons (Fsp3) is 0.571. The first-order chi connectivity index (χ1) is 9.13. The molecule has 5 heteroatoms. The highest BCUT2D eigenvalue weighted by molar-refractivity contribution is 5.63. The Morgan fingerprint density at radius 3 is 2.68 bits per heavy atom. The number of nitrogens with one attached hydrogen (secondary N) is 1. The van der Waals surface area contributed by atoms with Gasteiger partial charge in [-0.3, -0.25) is 10.1 Å². The van der Waals surface area contributed by atoms with Gasteiger partial charge in [0.15, 0.2) is 0 Å². The van der Waals surface area contributed by atoms with E-state index in [9.17, 15) is 10.1 Å². The normalized spacial score (nSPS) is 29.2. The molecule has 3 aliphatic heterocycles. The molecule has 0 spiro atoms. The molecule has 3 saturated heterocycles. The number of aryl methyl sites for hydroxylation is 1. The van der Waals surface area contributed by atoms with Gasteiger partial charge in [-0.2, -0.15) is 0 Å². The monoisotopic (exact) mass is 261 g/mol. The van der Waals surface area contributed by atoms with E-state index in [-0.39, 0.29) is 10.6 Å². The summed E-state index contributed by atoms with van der Waals surface area (Å²) < 4.78 is 0. The predicted octanol–water partition coefficient (Wildman–Crippen LogP) is 2.41. The summed E-state index contributed by atoms with van der Waals surface area (Å²) in [5.74, 6) is 0.658. The zero-order valence-corrected chi connectivity index (χ0v) is 11.1. The molecular weight excluding hydrogens is 242 g/mol. The number of nitro benzene ring substituents is 1. The summed E-state index contributed by atoms with van der Waals surface area (Å²) in [6, 6.07) is 5.62. The Labute approximate surface area is 112 Å². The molecule has 1 aromatic rings. The third kappa shape index (κ3) is 2.42. The standard InChI is InChI=1S/C14H19N3O2/c1-10-2-3-14(17(18)19)12(8-10)15-13-9-16-6-4-11(13)5-7-16/h2-3,8,11,13,15H,4-7,9H2,1H3. The van der Waals surface area contributed by atoms with E-state index in [2.05, 4.69) is 10.2 Å². The predicted molar refractivity (Wildman–Crippen MR) is 74.4 cm³/mol. The number of anilines is 1. The highest BCUT2D eigenvalue weighted by Crippen LogP contribution is 2.32. The van der Waals surface area contributed by atoms with Gasteiger partial charge in [-0.25, -0.2) is 0 Å². The zero-order chi connectivity index (χ0) is 13.4. The van der Waals surface area contributed by atoms with Crippen molar-refractivity contribution in [2.45, 2.75) is 25.8 Å². The molecule has 5 nitrogen and oxygen atoms in total. The van der Waals surface area contributed by atoms with Crippen LogP contribution in [0, 0.1) is 23.0 Å². The SMILES string of the molecule is Cc1ccc([N+](=O)[O-])c(NC2CN3CCC2CC3)c1. The Kier molecular flexibility index (Phi) is 3.14. The van der Waals surface area contributed by atoms with Crippen molar-refractivity contribution in [3.05, 3.63) is 33.9 Å². The van der Waals surface area contributed by atoms with Crippen molar-refractivity contribution in [2.24, 2.45) is 5.92 Å². The van der Waals surface area contributed by atoms with Crippen molar-refractivity contribution >= 4 is 11.4 Å². The highest BCUT2D eigenvalue weighted by atomic mass is 16.6. The van der Waals surface area contributed by atoms with E-state index in [1.165, 1.54) is 25.9 Å². The topological polar surface area (TPSA) is 58.4 Å². The third-order valence-electron chi connectivity index (χ3n) is 4.35. The van der Waals surface area contributed by atoms with Crippen molar-refractivity contribution in [2.75, 3.05) is 25.0 Å². The number of fused-ring (bicyclic) bond motifs is 3. The minimum Gasteiger partial charge on any atom is -0.375 e. The quantitative estimate of drug-likeness (QED) is 0.670. The summed E-state index contributed by atoms with van der Waals surface area (Å²) in [6.45, 7) is 5.33. The molecule has 0 radical (unpaired) electrons. The number of piperidine rings is 3. The average Bonchev–Trinajstić information content (AvgIpc) is 2.40. The molecule has 1 unspecified atom stereocenters. The van der Waals surface area contributed by atoms with Crippen LogP contribution in [-0.4, -0.2) is 35.5 Å². The number of benzene rings is 1. The Hall–Kier alpha value is -1.62. The van der Waals surface area contributed by atoms with Gasteiger partial charge in [-0.05, 0) is 50.4 Å². The lowest BCUT2D eigenvalue weighted by atomic mass is 9.84. The van der Waals surface area contributed by atoms with E-state index in [0.29, 0.717) is 17.6 Å². The summed E-state index contributed by atoms with van der Waals surface area (Å²) >= 11 is 0. The van der Waals surface area contributed by atoms with Crippen LogP contribution in [0.25, 0.3) is 0 Å². The number of nitro groups is 1. The molecule has 0 aliphatic carbocycles. The van der Waals surface area contributed by atoms with E-state index in [1.807, 2.05) is 13.0 Å². The summed E-state index contributed by atoms with van der Waals surface area (Å²) in [7, 11) is 0. The molecule has 3 fully saturated rings. The van der Waals surface area contributed by atoms with Crippen molar-refractivity contribution in [1.29, 1.82) is 0 Å². The van der Waals surface area contributed by atoms with Crippen LogP contribution in [0.15, 0.2) is 18.2 Å². The van der Waals surface area contributed by atoms with Gasteiger partial charge in [0, 0.05) is 18.7 Å². The van der Waals surface area contributed by atoms with Crippen LogP contribution in [0.5, 0.6) is 0 Å². The maximum atomic E-state index is 11.1. The second-order valence-corrected chi connectivity index (χ2v) is 5.67. The van der Waals surface area contributed by atoms with Gasteiger partial charge in [-0.15, -0.1) is 0 Å². The summed E-state index contributed by atoms with van der Waals surface area (Å²) in [6.07, 6.45) is 2.41. The second-order valence-electron chi connectivity index (χ2n) is 5.67. The van der Waals surface area contributed by atoms with Gasteiger partial charge in [0.05, 0.1) is 4.92 Å². The minimum absolute atomic E-state index is 0.182. The molecule has 4 rings (SSSR count). The number of nitrogens with zero attached hydrogens (tertiary/aromatic N) is 2. The fourth-order valence-corrected chi connectivity index (χ4v) is 3.25. The largest absolute Gasteiger partial charge is 0.375 e. The van der Waals surface area contributed by atoms with Gasteiger partial charge >= 0.3 is 0 Å². The number of hydrogen-bond donors (Lipinski definition) is 1. The minimum atomic E-state index is -0.302. The maximum Gasteiger partial charge on any atom is 0.292 e. The van der Waals surface area contributed by atoms with Crippen LogP contribution < -0.4 is 5.32 Å². The van der Waals surface area contributed by atoms with Gasteiger partial charge < -0.3 is 10.2 Å². The van der Waals surface area contributed by atoms with Crippen LogP contribution >= 0.6 is 0 Å². The molecule has 1 aromatic carbocycles. The second kappa shape index (κ2) is 4.81. The molecule has 19 heavy (non-hydrogen) atoms. The maximum absolute atomic E-state index is 11.1. The molecule has 0 amide bonds. The lowest BCUT2D eigenvalue weighted by Crippen LogP contribution is -2.53. The van der Waals surface area contributed by atoms with E-state index < -0.39 is 0 Å². The molecular formula is C14H19N3O2. The first-order valence-electron chi connectivity index (χ1n) is 6.87. The van der Waals surface area contributed by atoms with Gasteiger partial charge in [0.25, 0.3) is 5.69 Å². The first kappa shape index (κ1) is 12.4. The van der Waals surface area contributed by atoms with E-state index in [4.69, 9.17) is 0 Å². The van der Waals surface area contributed by atoms with E-state index in [0.717, 1.165) is 12.1 Å². The first-order valence-corrected chi connectivity index (χ1v) is 6.87. The molecule has 3 heterocycles. The Morgan fingerprint density at radius 1 is 1.37 bits per heavy atom.